The minimum atomic E-state index is 1.01. The second-order valence-electron chi connectivity index (χ2n) is 5.28. The molecule has 0 fully saturated rings. The molecular formula is C16H20O2. The lowest BCUT2D eigenvalue weighted by Gasteiger charge is -2.30. The molecule has 0 aromatic heterocycles. The topological polar surface area (TPSA) is 18.5 Å². The summed E-state index contributed by atoms with van der Waals surface area (Å²) in [7, 11) is 3.55. The van der Waals surface area contributed by atoms with Gasteiger partial charge >= 0.3 is 0 Å². The fraction of sp³-hybridized carbons (Fsp3) is 0.500. The maximum Gasteiger partial charge on any atom is 0.0959 e. The van der Waals surface area contributed by atoms with Gasteiger partial charge in [0.15, 0.2) is 0 Å². The predicted molar refractivity (Wildman–Crippen MR) is 71.9 cm³/mol. The minimum Gasteiger partial charge on any atom is -0.501 e. The lowest BCUT2D eigenvalue weighted by Crippen LogP contribution is -2.13. The summed E-state index contributed by atoms with van der Waals surface area (Å²) in [5.74, 6) is 2.27. The zero-order chi connectivity index (χ0) is 12.5. The molecule has 2 heteroatoms. The molecule has 0 aromatic rings. The van der Waals surface area contributed by atoms with Gasteiger partial charge < -0.3 is 9.47 Å². The third-order valence-electron chi connectivity index (χ3n) is 4.31. The molecule has 0 N–H and O–H groups in total. The lowest BCUT2D eigenvalue weighted by molar-refractivity contribution is 0.275. The van der Waals surface area contributed by atoms with E-state index in [0.29, 0.717) is 0 Å². The summed E-state index contributed by atoms with van der Waals surface area (Å²) in [5.41, 5.74) is 6.43. The zero-order valence-corrected chi connectivity index (χ0v) is 11.2. The van der Waals surface area contributed by atoms with Crippen molar-refractivity contribution in [2.24, 2.45) is 0 Å². The van der Waals surface area contributed by atoms with Crippen molar-refractivity contribution in [2.45, 2.75) is 38.5 Å². The molecule has 3 aliphatic rings. The SMILES string of the molecule is COC1=CCC2=C(C1)CC1=C(CC=C(OC)C1)C2. The van der Waals surface area contributed by atoms with E-state index in [1.54, 1.807) is 36.5 Å². The fourth-order valence-electron chi connectivity index (χ4n) is 3.17. The first kappa shape index (κ1) is 11.6. The molecule has 0 saturated carbocycles. The predicted octanol–water partition coefficient (Wildman–Crippen LogP) is 4.02. The van der Waals surface area contributed by atoms with Gasteiger partial charge in [0.1, 0.15) is 0 Å². The Kier molecular flexibility index (Phi) is 3.02. The van der Waals surface area contributed by atoms with Gasteiger partial charge in [-0.15, -0.1) is 0 Å². The molecule has 18 heavy (non-hydrogen) atoms. The molecular weight excluding hydrogens is 224 g/mol. The monoisotopic (exact) mass is 244 g/mol. The highest BCUT2D eigenvalue weighted by atomic mass is 16.5. The first-order valence-corrected chi connectivity index (χ1v) is 6.65. The molecule has 0 bridgehead atoms. The summed E-state index contributed by atoms with van der Waals surface area (Å²) >= 11 is 0. The maximum atomic E-state index is 5.39. The molecule has 3 aliphatic carbocycles. The van der Waals surface area contributed by atoms with E-state index in [2.05, 4.69) is 12.2 Å². The maximum absolute atomic E-state index is 5.39. The van der Waals surface area contributed by atoms with Crippen LogP contribution in [-0.4, -0.2) is 14.2 Å². The van der Waals surface area contributed by atoms with Crippen molar-refractivity contribution in [2.75, 3.05) is 14.2 Å². The van der Waals surface area contributed by atoms with E-state index in [4.69, 9.17) is 9.47 Å². The van der Waals surface area contributed by atoms with Crippen molar-refractivity contribution < 1.29 is 9.47 Å². The summed E-state index contributed by atoms with van der Waals surface area (Å²) in [4.78, 5) is 0. The third-order valence-corrected chi connectivity index (χ3v) is 4.31. The Morgan fingerprint density at radius 2 is 1.11 bits per heavy atom. The van der Waals surface area contributed by atoms with Crippen molar-refractivity contribution in [1.29, 1.82) is 0 Å². The summed E-state index contributed by atoms with van der Waals surface area (Å²) in [6, 6.07) is 0. The van der Waals surface area contributed by atoms with Crippen LogP contribution in [0.3, 0.4) is 0 Å². The third kappa shape index (κ3) is 2.00. The molecule has 0 radical (unpaired) electrons. The van der Waals surface area contributed by atoms with E-state index >= 15 is 0 Å². The van der Waals surface area contributed by atoms with Crippen LogP contribution in [0.1, 0.15) is 38.5 Å². The highest BCUT2D eigenvalue weighted by molar-refractivity contribution is 5.42. The van der Waals surface area contributed by atoms with E-state index in [0.717, 1.165) is 43.6 Å². The van der Waals surface area contributed by atoms with Crippen LogP contribution in [0.25, 0.3) is 0 Å². The molecule has 0 spiro atoms. The average molecular weight is 244 g/mol. The van der Waals surface area contributed by atoms with Crippen LogP contribution in [-0.2, 0) is 9.47 Å². The van der Waals surface area contributed by atoms with Crippen LogP contribution < -0.4 is 0 Å². The van der Waals surface area contributed by atoms with Gasteiger partial charge in [0, 0.05) is 12.8 Å². The quantitative estimate of drug-likeness (QED) is 0.683. The van der Waals surface area contributed by atoms with E-state index in [-0.39, 0.29) is 0 Å². The van der Waals surface area contributed by atoms with Crippen LogP contribution in [0.5, 0.6) is 0 Å². The van der Waals surface area contributed by atoms with Gasteiger partial charge in [0.25, 0.3) is 0 Å². The normalized spacial score (nSPS) is 23.0. The van der Waals surface area contributed by atoms with Gasteiger partial charge in [-0.25, -0.2) is 0 Å². The number of methoxy groups -OCH3 is 2. The standard InChI is InChI=1S/C16H20O2/c1-17-15-5-3-11-7-12-4-6-16(18-2)10-14(12)8-13(11)9-15/h5-6H,3-4,7-10H2,1-2H3. The fourth-order valence-corrected chi connectivity index (χ4v) is 3.17. The van der Waals surface area contributed by atoms with Crippen molar-refractivity contribution >= 4 is 0 Å². The Morgan fingerprint density at radius 1 is 0.667 bits per heavy atom. The van der Waals surface area contributed by atoms with Gasteiger partial charge in [0.05, 0.1) is 25.7 Å². The number of ether oxygens (including phenoxy) is 2. The first-order chi connectivity index (χ1) is 8.80. The Bertz CT molecular complexity index is 445. The van der Waals surface area contributed by atoms with Crippen LogP contribution in [0.15, 0.2) is 46.0 Å². The number of hydrogen-bond donors (Lipinski definition) is 0. The van der Waals surface area contributed by atoms with Gasteiger partial charge in [-0.1, -0.05) is 22.3 Å². The highest BCUT2D eigenvalue weighted by Gasteiger charge is 2.25. The summed E-state index contributed by atoms with van der Waals surface area (Å²) in [6.45, 7) is 0. The van der Waals surface area contributed by atoms with Crippen molar-refractivity contribution in [1.82, 2.24) is 0 Å². The Labute approximate surface area is 109 Å². The molecule has 0 aliphatic heterocycles. The van der Waals surface area contributed by atoms with Crippen molar-refractivity contribution in [3.63, 3.8) is 0 Å². The molecule has 0 saturated heterocycles. The Morgan fingerprint density at radius 3 is 1.56 bits per heavy atom. The van der Waals surface area contributed by atoms with Gasteiger partial charge in [0.2, 0.25) is 0 Å². The molecule has 0 aromatic carbocycles. The van der Waals surface area contributed by atoms with Crippen molar-refractivity contribution in [3.8, 4) is 0 Å². The minimum absolute atomic E-state index is 1.01. The molecule has 0 unspecified atom stereocenters. The highest BCUT2D eigenvalue weighted by Crippen LogP contribution is 2.42. The molecule has 2 nitrogen and oxygen atoms in total. The Balaban J connectivity index is 1.75. The second kappa shape index (κ2) is 4.68. The molecule has 96 valence electrons. The lowest BCUT2D eigenvalue weighted by atomic mass is 9.77. The first-order valence-electron chi connectivity index (χ1n) is 6.65. The number of rotatable bonds is 2. The zero-order valence-electron chi connectivity index (χ0n) is 11.2. The van der Waals surface area contributed by atoms with Gasteiger partial charge in [-0.05, 0) is 37.8 Å². The molecule has 0 atom stereocenters. The number of allylic oxidation sites excluding steroid dienone is 6. The van der Waals surface area contributed by atoms with Gasteiger partial charge in [-0.3, -0.25) is 0 Å². The molecule has 3 rings (SSSR count). The molecule has 0 heterocycles. The number of hydrogen-bond acceptors (Lipinski definition) is 2. The smallest absolute Gasteiger partial charge is 0.0959 e. The summed E-state index contributed by atoms with van der Waals surface area (Å²) in [5, 5.41) is 0. The summed E-state index contributed by atoms with van der Waals surface area (Å²) < 4.78 is 10.8. The van der Waals surface area contributed by atoms with E-state index in [9.17, 15) is 0 Å². The Hall–Kier alpha value is -1.44. The van der Waals surface area contributed by atoms with E-state index in [1.165, 1.54) is 6.42 Å². The summed E-state index contributed by atoms with van der Waals surface area (Å²) in [6.07, 6.45) is 11.0. The van der Waals surface area contributed by atoms with E-state index < -0.39 is 0 Å². The van der Waals surface area contributed by atoms with Crippen LogP contribution in [0.4, 0.5) is 0 Å². The largest absolute Gasteiger partial charge is 0.501 e. The van der Waals surface area contributed by atoms with Crippen LogP contribution in [0, 0.1) is 0 Å². The van der Waals surface area contributed by atoms with E-state index in [1.807, 2.05) is 0 Å². The van der Waals surface area contributed by atoms with Crippen LogP contribution in [0.2, 0.25) is 0 Å². The van der Waals surface area contributed by atoms with Crippen LogP contribution >= 0.6 is 0 Å². The molecule has 0 amide bonds. The average Bonchev–Trinajstić information content (AvgIpc) is 2.43. The van der Waals surface area contributed by atoms with Crippen molar-refractivity contribution in [3.05, 3.63) is 46.0 Å². The second-order valence-corrected chi connectivity index (χ2v) is 5.28. The van der Waals surface area contributed by atoms with Gasteiger partial charge in [-0.2, -0.15) is 0 Å².